The third-order valence-corrected chi connectivity index (χ3v) is 4.14. The summed E-state index contributed by atoms with van der Waals surface area (Å²) in [6.45, 7) is 6.42. The molecule has 3 nitrogen and oxygen atoms in total. The summed E-state index contributed by atoms with van der Waals surface area (Å²) in [6, 6.07) is 2.54. The van der Waals surface area contributed by atoms with Gasteiger partial charge in [0.15, 0.2) is 0 Å². The van der Waals surface area contributed by atoms with E-state index in [1.54, 1.807) is 0 Å². The fourth-order valence-corrected chi connectivity index (χ4v) is 2.95. The van der Waals surface area contributed by atoms with E-state index < -0.39 is 0 Å². The molecule has 0 saturated carbocycles. The number of aryl methyl sites for hydroxylation is 1. The Bertz CT molecular complexity index is 388. The molecule has 2 unspecified atom stereocenters. The van der Waals surface area contributed by atoms with Gasteiger partial charge in [-0.1, -0.05) is 6.92 Å². The molecule has 1 aliphatic heterocycles. The number of hydrogen-bond donors (Lipinski definition) is 1. The normalized spacial score (nSPS) is 20.2. The second kappa shape index (κ2) is 8.38. The monoisotopic (exact) mass is 276 g/mol. The molecule has 0 aliphatic carbocycles. The van der Waals surface area contributed by atoms with Gasteiger partial charge in [0.25, 0.3) is 0 Å². The molecule has 0 bridgehead atoms. The van der Waals surface area contributed by atoms with Crippen LogP contribution in [0, 0.1) is 6.92 Å². The molecule has 1 aromatic heterocycles. The number of ether oxygens (including phenoxy) is 1. The van der Waals surface area contributed by atoms with Crippen LogP contribution in [0.4, 0.5) is 0 Å². The van der Waals surface area contributed by atoms with E-state index in [4.69, 9.17) is 4.74 Å². The van der Waals surface area contributed by atoms with Gasteiger partial charge in [0.05, 0.1) is 6.10 Å². The number of nitrogens with zero attached hydrogens (tertiary/aromatic N) is 1. The zero-order chi connectivity index (χ0) is 14.2. The Balaban J connectivity index is 1.87. The summed E-state index contributed by atoms with van der Waals surface area (Å²) in [7, 11) is 0. The Morgan fingerprint density at radius 1 is 1.50 bits per heavy atom. The molecule has 1 aromatic rings. The van der Waals surface area contributed by atoms with E-state index in [1.807, 2.05) is 12.4 Å². The Morgan fingerprint density at radius 2 is 2.40 bits per heavy atom. The van der Waals surface area contributed by atoms with Gasteiger partial charge in [-0.3, -0.25) is 4.98 Å². The molecule has 1 saturated heterocycles. The number of hydrogen-bond acceptors (Lipinski definition) is 3. The highest BCUT2D eigenvalue weighted by molar-refractivity contribution is 5.25. The molecule has 20 heavy (non-hydrogen) atoms. The van der Waals surface area contributed by atoms with Crippen molar-refractivity contribution in [1.29, 1.82) is 0 Å². The highest BCUT2D eigenvalue weighted by atomic mass is 16.5. The minimum absolute atomic E-state index is 0.435. The molecule has 0 spiro atoms. The Labute approximate surface area is 123 Å². The second-order valence-corrected chi connectivity index (χ2v) is 5.80. The first kappa shape index (κ1) is 15.5. The summed E-state index contributed by atoms with van der Waals surface area (Å²) in [5.74, 6) is 0. The van der Waals surface area contributed by atoms with Crippen molar-refractivity contribution in [3.63, 3.8) is 0 Å². The van der Waals surface area contributed by atoms with E-state index in [2.05, 4.69) is 30.2 Å². The summed E-state index contributed by atoms with van der Waals surface area (Å²) in [5, 5.41) is 3.67. The molecule has 0 aromatic carbocycles. The third kappa shape index (κ3) is 4.57. The van der Waals surface area contributed by atoms with Crippen LogP contribution in [0.2, 0.25) is 0 Å². The van der Waals surface area contributed by atoms with Crippen LogP contribution in [-0.2, 0) is 4.74 Å². The molecule has 112 valence electrons. The van der Waals surface area contributed by atoms with Crippen molar-refractivity contribution in [2.45, 2.75) is 64.5 Å². The maximum absolute atomic E-state index is 5.71. The topological polar surface area (TPSA) is 34.1 Å². The predicted molar refractivity (Wildman–Crippen MR) is 82.8 cm³/mol. The van der Waals surface area contributed by atoms with Crippen molar-refractivity contribution in [3.8, 4) is 0 Å². The van der Waals surface area contributed by atoms with E-state index >= 15 is 0 Å². The molecule has 2 rings (SSSR count). The standard InChI is InChI=1S/C17H28N2O/c1-3-10-19-17(16-13-18-11-9-14(16)2)8-4-6-15-7-5-12-20-15/h9,11,13,15,17,19H,3-8,10,12H2,1-2H3. The highest BCUT2D eigenvalue weighted by Crippen LogP contribution is 2.24. The van der Waals surface area contributed by atoms with Crippen LogP contribution >= 0.6 is 0 Å². The van der Waals surface area contributed by atoms with Gasteiger partial charge in [-0.25, -0.2) is 0 Å². The van der Waals surface area contributed by atoms with Crippen LogP contribution in [0.3, 0.4) is 0 Å². The van der Waals surface area contributed by atoms with Crippen LogP contribution in [0.25, 0.3) is 0 Å². The van der Waals surface area contributed by atoms with Crippen LogP contribution < -0.4 is 5.32 Å². The van der Waals surface area contributed by atoms with E-state index in [1.165, 1.54) is 49.7 Å². The first-order valence-electron chi connectivity index (χ1n) is 8.06. The van der Waals surface area contributed by atoms with Crippen molar-refractivity contribution < 1.29 is 4.74 Å². The van der Waals surface area contributed by atoms with Crippen LogP contribution in [-0.4, -0.2) is 24.2 Å². The van der Waals surface area contributed by atoms with Gasteiger partial charge in [0, 0.05) is 25.0 Å². The van der Waals surface area contributed by atoms with Crippen molar-refractivity contribution in [3.05, 3.63) is 29.6 Å². The molecule has 3 heteroatoms. The lowest BCUT2D eigenvalue weighted by Crippen LogP contribution is -2.23. The van der Waals surface area contributed by atoms with Gasteiger partial charge in [0.1, 0.15) is 0 Å². The highest BCUT2D eigenvalue weighted by Gasteiger charge is 2.17. The summed E-state index contributed by atoms with van der Waals surface area (Å²) < 4.78 is 5.71. The molecule has 2 atom stereocenters. The first-order chi connectivity index (χ1) is 9.81. The molecular formula is C17H28N2O. The van der Waals surface area contributed by atoms with E-state index in [-0.39, 0.29) is 0 Å². The van der Waals surface area contributed by atoms with Crippen molar-refractivity contribution in [2.24, 2.45) is 0 Å². The number of rotatable bonds is 8. The molecular weight excluding hydrogens is 248 g/mol. The lowest BCUT2D eigenvalue weighted by Gasteiger charge is -2.21. The van der Waals surface area contributed by atoms with E-state index in [9.17, 15) is 0 Å². The van der Waals surface area contributed by atoms with Crippen LogP contribution in [0.1, 0.15) is 62.6 Å². The largest absolute Gasteiger partial charge is 0.378 e. The molecule has 1 fully saturated rings. The Morgan fingerprint density at radius 3 is 3.10 bits per heavy atom. The maximum Gasteiger partial charge on any atom is 0.0576 e. The van der Waals surface area contributed by atoms with E-state index in [0.717, 1.165) is 13.2 Å². The quantitative estimate of drug-likeness (QED) is 0.784. The zero-order valence-electron chi connectivity index (χ0n) is 12.9. The average Bonchev–Trinajstić information content (AvgIpc) is 2.97. The molecule has 1 aliphatic rings. The van der Waals surface area contributed by atoms with Crippen molar-refractivity contribution in [1.82, 2.24) is 10.3 Å². The maximum atomic E-state index is 5.71. The smallest absolute Gasteiger partial charge is 0.0576 e. The third-order valence-electron chi connectivity index (χ3n) is 4.14. The summed E-state index contributed by atoms with van der Waals surface area (Å²) in [4.78, 5) is 4.30. The molecule has 1 N–H and O–H groups in total. The number of aromatic nitrogens is 1. The summed E-state index contributed by atoms with van der Waals surface area (Å²) in [6.07, 6.45) is 11.7. The Hall–Kier alpha value is -0.930. The number of pyridine rings is 1. The Kier molecular flexibility index (Phi) is 6.48. The molecule has 0 radical (unpaired) electrons. The van der Waals surface area contributed by atoms with Crippen LogP contribution in [0.15, 0.2) is 18.5 Å². The second-order valence-electron chi connectivity index (χ2n) is 5.80. The average molecular weight is 276 g/mol. The van der Waals surface area contributed by atoms with Gasteiger partial charge >= 0.3 is 0 Å². The van der Waals surface area contributed by atoms with Crippen LogP contribution in [0.5, 0.6) is 0 Å². The lowest BCUT2D eigenvalue weighted by atomic mass is 9.97. The van der Waals surface area contributed by atoms with Gasteiger partial charge in [-0.2, -0.15) is 0 Å². The summed E-state index contributed by atoms with van der Waals surface area (Å²) in [5.41, 5.74) is 2.69. The van der Waals surface area contributed by atoms with Gasteiger partial charge in [-0.05, 0) is 69.2 Å². The first-order valence-corrected chi connectivity index (χ1v) is 8.06. The molecule has 2 heterocycles. The fourth-order valence-electron chi connectivity index (χ4n) is 2.95. The SMILES string of the molecule is CCCNC(CCCC1CCCO1)c1cnccc1C. The van der Waals surface area contributed by atoms with Gasteiger partial charge in [0.2, 0.25) is 0 Å². The minimum Gasteiger partial charge on any atom is -0.378 e. The predicted octanol–water partition coefficient (Wildman–Crippen LogP) is 3.78. The minimum atomic E-state index is 0.435. The number of nitrogens with one attached hydrogen (secondary N) is 1. The fraction of sp³-hybridized carbons (Fsp3) is 0.706. The lowest BCUT2D eigenvalue weighted by molar-refractivity contribution is 0.101. The molecule has 0 amide bonds. The van der Waals surface area contributed by atoms with Crippen molar-refractivity contribution in [2.75, 3.05) is 13.2 Å². The van der Waals surface area contributed by atoms with E-state index in [0.29, 0.717) is 12.1 Å². The van der Waals surface area contributed by atoms with Gasteiger partial charge < -0.3 is 10.1 Å². The van der Waals surface area contributed by atoms with Crippen molar-refractivity contribution >= 4 is 0 Å². The summed E-state index contributed by atoms with van der Waals surface area (Å²) >= 11 is 0. The van der Waals surface area contributed by atoms with Gasteiger partial charge in [-0.15, -0.1) is 0 Å². The zero-order valence-corrected chi connectivity index (χ0v) is 12.9.